The number of hydrogen-bond acceptors (Lipinski definition) is 4. The van der Waals surface area contributed by atoms with Crippen molar-refractivity contribution in [1.82, 2.24) is 4.98 Å². The minimum Gasteiger partial charge on any atom is -0.489 e. The molecule has 0 saturated heterocycles. The first kappa shape index (κ1) is 20.1. The molecule has 1 aromatic heterocycles. The molecule has 1 unspecified atom stereocenters. The van der Waals surface area contributed by atoms with Crippen LogP contribution >= 0.6 is 0 Å². The minimum atomic E-state index is -0.802. The number of ether oxygens (including phenoxy) is 2. The van der Waals surface area contributed by atoms with Crippen molar-refractivity contribution in [2.45, 2.75) is 32.0 Å². The van der Waals surface area contributed by atoms with Crippen molar-refractivity contribution in [3.8, 4) is 11.5 Å². The number of para-hydroxylation sites is 1. The Morgan fingerprint density at radius 3 is 2.75 bits per heavy atom. The van der Waals surface area contributed by atoms with E-state index in [0.29, 0.717) is 25.4 Å². The number of hydrogen-bond donors (Lipinski definition) is 1. The molecule has 32 heavy (non-hydrogen) atoms. The lowest BCUT2D eigenvalue weighted by Gasteiger charge is -2.19. The molecule has 1 N–H and O–H groups in total. The van der Waals surface area contributed by atoms with Gasteiger partial charge in [-0.25, -0.2) is 4.98 Å². The van der Waals surface area contributed by atoms with Gasteiger partial charge in [-0.15, -0.1) is 0 Å². The van der Waals surface area contributed by atoms with Crippen LogP contribution in [-0.4, -0.2) is 16.1 Å². The maximum Gasteiger partial charge on any atom is 0.303 e. The Bertz CT molecular complexity index is 1280. The predicted molar refractivity (Wildman–Crippen MR) is 122 cm³/mol. The number of carbonyl (C=O) groups is 1. The highest BCUT2D eigenvalue weighted by atomic mass is 16.5. The summed E-state index contributed by atoms with van der Waals surface area (Å²) in [7, 11) is 0. The minimum absolute atomic E-state index is 0.0675. The van der Waals surface area contributed by atoms with Crippen LogP contribution in [0.3, 0.4) is 0 Å². The van der Waals surface area contributed by atoms with E-state index in [4.69, 9.17) is 9.47 Å². The Morgan fingerprint density at radius 1 is 1.00 bits per heavy atom. The maximum atomic E-state index is 11.3. The fourth-order valence-corrected chi connectivity index (χ4v) is 4.27. The second-order valence-corrected chi connectivity index (χ2v) is 7.96. The smallest absolute Gasteiger partial charge is 0.303 e. The first-order chi connectivity index (χ1) is 15.7. The van der Waals surface area contributed by atoms with Crippen molar-refractivity contribution in [1.29, 1.82) is 0 Å². The molecule has 5 rings (SSSR count). The van der Waals surface area contributed by atoms with Gasteiger partial charge in [0.25, 0.3) is 0 Å². The average molecular weight is 425 g/mol. The summed E-state index contributed by atoms with van der Waals surface area (Å²) in [6.45, 7) is 0.814. The highest BCUT2D eigenvalue weighted by Gasteiger charge is 2.25. The van der Waals surface area contributed by atoms with E-state index in [-0.39, 0.29) is 12.3 Å². The Kier molecular flexibility index (Phi) is 5.46. The van der Waals surface area contributed by atoms with Crippen LogP contribution in [0.5, 0.6) is 11.5 Å². The van der Waals surface area contributed by atoms with Crippen molar-refractivity contribution in [2.24, 2.45) is 0 Å². The molecular weight excluding hydrogens is 402 g/mol. The van der Waals surface area contributed by atoms with Crippen LogP contribution in [0, 0.1) is 0 Å². The molecule has 3 aromatic carbocycles. The molecule has 4 aromatic rings. The van der Waals surface area contributed by atoms with E-state index < -0.39 is 5.97 Å². The Morgan fingerprint density at radius 2 is 1.84 bits per heavy atom. The zero-order valence-electron chi connectivity index (χ0n) is 17.5. The molecule has 0 amide bonds. The zero-order chi connectivity index (χ0) is 21.9. The van der Waals surface area contributed by atoms with Gasteiger partial charge in [0.05, 0.1) is 11.2 Å². The number of aromatic nitrogens is 1. The summed E-state index contributed by atoms with van der Waals surface area (Å²) < 4.78 is 12.1. The summed E-state index contributed by atoms with van der Waals surface area (Å²) >= 11 is 0. The second-order valence-electron chi connectivity index (χ2n) is 7.96. The van der Waals surface area contributed by atoms with Crippen LogP contribution in [0.25, 0.3) is 10.9 Å². The largest absolute Gasteiger partial charge is 0.489 e. The van der Waals surface area contributed by atoms with E-state index in [1.165, 1.54) is 0 Å². The van der Waals surface area contributed by atoms with Gasteiger partial charge in [0, 0.05) is 23.3 Å². The maximum absolute atomic E-state index is 11.3. The summed E-state index contributed by atoms with van der Waals surface area (Å²) in [5, 5.41) is 10.4. The van der Waals surface area contributed by atoms with Gasteiger partial charge >= 0.3 is 5.97 Å². The first-order valence-corrected chi connectivity index (χ1v) is 10.7. The Hall–Kier alpha value is -3.86. The molecule has 1 aliphatic heterocycles. The topological polar surface area (TPSA) is 68.7 Å². The summed E-state index contributed by atoms with van der Waals surface area (Å²) in [6.07, 6.45) is 0.586. The van der Waals surface area contributed by atoms with Gasteiger partial charge in [0.1, 0.15) is 24.7 Å². The van der Waals surface area contributed by atoms with Crippen molar-refractivity contribution >= 4 is 16.9 Å². The molecule has 5 nitrogen and oxygen atoms in total. The number of benzene rings is 3. The Balaban J connectivity index is 1.43. The number of fused-ring (bicyclic) bond motifs is 3. The fourth-order valence-electron chi connectivity index (χ4n) is 4.27. The third-order valence-electron chi connectivity index (χ3n) is 5.86. The summed E-state index contributed by atoms with van der Waals surface area (Å²) in [5.74, 6) is 0.612. The number of carboxylic acids is 1. The lowest BCUT2D eigenvalue weighted by Crippen LogP contribution is -2.06. The predicted octanol–water partition coefficient (Wildman–Crippen LogP) is 5.70. The molecular formula is C27H23NO4. The molecule has 0 radical (unpaired) electrons. The van der Waals surface area contributed by atoms with Crippen LogP contribution in [0.4, 0.5) is 0 Å². The Labute approximate surface area is 186 Å². The van der Waals surface area contributed by atoms with Gasteiger partial charge in [0.2, 0.25) is 0 Å². The van der Waals surface area contributed by atoms with Crippen LogP contribution < -0.4 is 9.47 Å². The summed E-state index contributed by atoms with van der Waals surface area (Å²) in [4.78, 5) is 16.0. The number of nitrogens with zero attached hydrogens (tertiary/aromatic N) is 1. The van der Waals surface area contributed by atoms with E-state index >= 15 is 0 Å². The van der Waals surface area contributed by atoms with E-state index in [1.807, 2.05) is 72.8 Å². The standard InChI is InChI=1S/C27H23NO4/c29-27(30)14-12-23-22-7-3-1-6-19(22)16-32-26-13-11-21(15-24(23)26)31-17-20-10-9-18-5-2-4-8-25(18)28-20/h1-11,13,15,23H,12,14,16-17H2,(H,29,30). The highest BCUT2D eigenvalue weighted by Crippen LogP contribution is 2.41. The van der Waals surface area contributed by atoms with Gasteiger partial charge in [0.15, 0.2) is 0 Å². The molecule has 0 aliphatic carbocycles. The van der Waals surface area contributed by atoms with Crippen molar-refractivity contribution in [3.63, 3.8) is 0 Å². The lowest BCUT2D eigenvalue weighted by molar-refractivity contribution is -0.137. The molecule has 1 atom stereocenters. The van der Waals surface area contributed by atoms with E-state index in [0.717, 1.165) is 39.0 Å². The molecule has 0 fully saturated rings. The van der Waals surface area contributed by atoms with Crippen LogP contribution in [0.1, 0.15) is 41.1 Å². The highest BCUT2D eigenvalue weighted by molar-refractivity contribution is 5.78. The second kappa shape index (κ2) is 8.71. The average Bonchev–Trinajstić information content (AvgIpc) is 2.97. The molecule has 160 valence electrons. The van der Waals surface area contributed by atoms with Gasteiger partial charge in [-0.05, 0) is 47.9 Å². The van der Waals surface area contributed by atoms with Gasteiger partial charge in [-0.3, -0.25) is 4.79 Å². The first-order valence-electron chi connectivity index (χ1n) is 10.7. The van der Waals surface area contributed by atoms with Crippen molar-refractivity contribution in [3.05, 3.63) is 101 Å². The van der Waals surface area contributed by atoms with Gasteiger partial charge in [-0.1, -0.05) is 48.5 Å². The van der Waals surface area contributed by atoms with Crippen LogP contribution in [0.15, 0.2) is 78.9 Å². The lowest BCUT2D eigenvalue weighted by atomic mass is 9.85. The fraction of sp³-hybridized carbons (Fsp3) is 0.185. The van der Waals surface area contributed by atoms with Crippen molar-refractivity contribution < 1.29 is 19.4 Å². The zero-order valence-corrected chi connectivity index (χ0v) is 17.5. The molecule has 0 bridgehead atoms. The van der Waals surface area contributed by atoms with E-state index in [2.05, 4.69) is 11.1 Å². The number of pyridine rings is 1. The molecule has 2 heterocycles. The van der Waals surface area contributed by atoms with E-state index in [9.17, 15) is 9.90 Å². The normalized spacial score (nSPS) is 14.7. The third kappa shape index (κ3) is 4.14. The number of rotatable bonds is 6. The van der Waals surface area contributed by atoms with Gasteiger partial charge in [-0.2, -0.15) is 0 Å². The van der Waals surface area contributed by atoms with Crippen LogP contribution in [-0.2, 0) is 18.0 Å². The van der Waals surface area contributed by atoms with Crippen molar-refractivity contribution in [2.75, 3.05) is 0 Å². The quantitative estimate of drug-likeness (QED) is 0.429. The molecule has 1 aliphatic rings. The van der Waals surface area contributed by atoms with Crippen LogP contribution in [0.2, 0.25) is 0 Å². The number of aliphatic carboxylic acids is 1. The summed E-state index contributed by atoms with van der Waals surface area (Å²) in [5.41, 5.74) is 4.94. The van der Waals surface area contributed by atoms with Gasteiger partial charge < -0.3 is 14.6 Å². The summed E-state index contributed by atoms with van der Waals surface area (Å²) in [6, 6.07) is 25.9. The number of carboxylic acid groups (broad SMARTS) is 1. The third-order valence-corrected chi connectivity index (χ3v) is 5.86. The molecule has 0 spiro atoms. The molecule has 5 heteroatoms. The monoisotopic (exact) mass is 425 g/mol. The van der Waals surface area contributed by atoms with E-state index in [1.54, 1.807) is 0 Å². The molecule has 0 saturated carbocycles. The SMILES string of the molecule is O=C(O)CCC1c2ccccc2COc2ccc(OCc3ccc4ccccc4n3)cc21.